The first-order chi connectivity index (χ1) is 14.4. The number of para-hydroxylation sites is 1. The maximum absolute atomic E-state index is 13.4. The van der Waals surface area contributed by atoms with Crippen LogP contribution >= 0.6 is 0 Å². The fraction of sp³-hybridized carbons (Fsp3) is 0.250. The molecule has 3 aromatic rings. The van der Waals surface area contributed by atoms with Gasteiger partial charge in [0.25, 0.3) is 5.91 Å². The van der Waals surface area contributed by atoms with Crippen LogP contribution in [-0.4, -0.2) is 47.3 Å². The molecule has 0 bridgehead atoms. The molecule has 0 saturated heterocycles. The number of benzene rings is 2. The van der Waals surface area contributed by atoms with E-state index in [-0.39, 0.29) is 11.8 Å². The lowest BCUT2D eigenvalue weighted by molar-refractivity contribution is -0.123. The topological polar surface area (TPSA) is 57.6 Å². The van der Waals surface area contributed by atoms with E-state index in [2.05, 4.69) is 5.32 Å². The third kappa shape index (κ3) is 3.24. The monoisotopic (exact) mass is 402 g/mol. The summed E-state index contributed by atoms with van der Waals surface area (Å²) in [5.41, 5.74) is 3.37. The molecule has 2 aromatic carbocycles. The lowest BCUT2D eigenvalue weighted by Gasteiger charge is -2.39. The summed E-state index contributed by atoms with van der Waals surface area (Å²) in [5.74, 6) is -0.740. The smallest absolute Gasteiger partial charge is 0.254 e. The molecule has 2 unspecified atom stereocenters. The number of nitrogens with one attached hydrogen (secondary N) is 1. The van der Waals surface area contributed by atoms with Crippen LogP contribution in [0.3, 0.4) is 0 Å². The molecule has 1 N–H and O–H groups in total. The molecule has 2 heterocycles. The van der Waals surface area contributed by atoms with Gasteiger partial charge in [-0.2, -0.15) is 0 Å². The molecule has 1 aliphatic heterocycles. The molecule has 6 nitrogen and oxygen atoms in total. The van der Waals surface area contributed by atoms with Crippen LogP contribution in [0, 0.1) is 0 Å². The third-order valence-electron chi connectivity index (χ3n) is 5.71. The number of amides is 2. The minimum atomic E-state index is -0.526. The maximum Gasteiger partial charge on any atom is 0.254 e. The first kappa shape index (κ1) is 19.8. The van der Waals surface area contributed by atoms with Crippen molar-refractivity contribution in [3.05, 3.63) is 83.8 Å². The van der Waals surface area contributed by atoms with Gasteiger partial charge in [0.1, 0.15) is 0 Å². The van der Waals surface area contributed by atoms with Crippen molar-refractivity contribution >= 4 is 22.7 Å². The number of hydrogen-bond acceptors (Lipinski definition) is 3. The minimum absolute atomic E-state index is 0.0728. The van der Waals surface area contributed by atoms with Crippen molar-refractivity contribution in [1.29, 1.82) is 0 Å². The second-order valence-corrected chi connectivity index (χ2v) is 7.93. The van der Waals surface area contributed by atoms with Crippen molar-refractivity contribution in [3.63, 3.8) is 0 Å². The highest BCUT2D eigenvalue weighted by atomic mass is 16.2. The van der Waals surface area contributed by atoms with Crippen molar-refractivity contribution in [3.8, 4) is 0 Å². The number of likely N-dealkylation sites (N-methyl/N-ethyl adjacent to an activating group) is 1. The van der Waals surface area contributed by atoms with Crippen molar-refractivity contribution in [2.75, 3.05) is 21.1 Å². The van der Waals surface area contributed by atoms with E-state index in [0.717, 1.165) is 22.0 Å². The maximum atomic E-state index is 13.4. The minimum Gasteiger partial charge on any atom is -0.382 e. The molecule has 2 amide bonds. The van der Waals surface area contributed by atoms with E-state index in [9.17, 15) is 9.59 Å². The van der Waals surface area contributed by atoms with E-state index in [1.54, 1.807) is 30.4 Å². The van der Waals surface area contributed by atoms with E-state index < -0.39 is 12.0 Å². The van der Waals surface area contributed by atoms with Gasteiger partial charge in [-0.15, -0.1) is 0 Å². The summed E-state index contributed by atoms with van der Waals surface area (Å²) in [6.45, 7) is 0. The standard InChI is InChI=1S/C24H26N4O2/c1-26(2)14-13-25-23(29)21-17-10-5-6-11-18(17)24(30)28(4)22(21)19-15-27(3)20-12-8-7-9-16(19)20/h5-15,21-22H,1-4H3,(H,25,29)/b14-13+. The molecule has 4 rings (SSSR count). The zero-order valence-electron chi connectivity index (χ0n) is 17.7. The highest BCUT2D eigenvalue weighted by molar-refractivity contribution is 6.02. The van der Waals surface area contributed by atoms with E-state index in [1.807, 2.05) is 79.3 Å². The van der Waals surface area contributed by atoms with Gasteiger partial charge in [-0.25, -0.2) is 0 Å². The molecule has 0 aliphatic carbocycles. The van der Waals surface area contributed by atoms with Gasteiger partial charge in [0.2, 0.25) is 5.91 Å². The van der Waals surface area contributed by atoms with Gasteiger partial charge in [-0.05, 0) is 17.7 Å². The lowest BCUT2D eigenvalue weighted by Crippen LogP contribution is -2.44. The Labute approximate surface area is 176 Å². The average molecular weight is 402 g/mol. The van der Waals surface area contributed by atoms with E-state index in [4.69, 9.17) is 0 Å². The van der Waals surface area contributed by atoms with Gasteiger partial charge in [0.15, 0.2) is 0 Å². The normalized spacial score (nSPS) is 18.7. The van der Waals surface area contributed by atoms with Gasteiger partial charge in [0.05, 0.1) is 12.0 Å². The van der Waals surface area contributed by atoms with Crippen LogP contribution in [-0.2, 0) is 11.8 Å². The molecule has 6 heteroatoms. The summed E-state index contributed by atoms with van der Waals surface area (Å²) in [5, 5.41) is 3.96. The fourth-order valence-corrected chi connectivity index (χ4v) is 4.31. The highest BCUT2D eigenvalue weighted by Gasteiger charge is 2.43. The van der Waals surface area contributed by atoms with Crippen molar-refractivity contribution in [2.24, 2.45) is 7.05 Å². The van der Waals surface area contributed by atoms with Crippen LogP contribution < -0.4 is 5.32 Å². The van der Waals surface area contributed by atoms with Crippen molar-refractivity contribution in [2.45, 2.75) is 12.0 Å². The number of aryl methyl sites for hydroxylation is 1. The zero-order valence-corrected chi connectivity index (χ0v) is 17.7. The molecule has 0 saturated carbocycles. The van der Waals surface area contributed by atoms with E-state index in [1.165, 1.54) is 0 Å². The van der Waals surface area contributed by atoms with Crippen LogP contribution in [0.1, 0.15) is 33.4 Å². The lowest BCUT2D eigenvalue weighted by atomic mass is 9.79. The number of rotatable bonds is 4. The quantitative estimate of drug-likeness (QED) is 0.729. The fourth-order valence-electron chi connectivity index (χ4n) is 4.31. The Balaban J connectivity index is 1.88. The first-order valence-corrected chi connectivity index (χ1v) is 9.93. The predicted octanol–water partition coefficient (Wildman–Crippen LogP) is 3.24. The Morgan fingerprint density at radius 2 is 1.73 bits per heavy atom. The molecular formula is C24H26N4O2. The number of hydrogen-bond donors (Lipinski definition) is 1. The molecule has 0 radical (unpaired) electrons. The average Bonchev–Trinajstić information content (AvgIpc) is 3.06. The highest BCUT2D eigenvalue weighted by Crippen LogP contribution is 2.44. The number of nitrogens with zero attached hydrogens (tertiary/aromatic N) is 3. The molecule has 154 valence electrons. The summed E-state index contributed by atoms with van der Waals surface area (Å²) in [6.07, 6.45) is 5.46. The van der Waals surface area contributed by atoms with Crippen LogP contribution in [0.15, 0.2) is 67.1 Å². The van der Waals surface area contributed by atoms with Gasteiger partial charge >= 0.3 is 0 Å². The zero-order chi connectivity index (χ0) is 21.4. The SMILES string of the molecule is CN(C)/C=C/NC(=O)C1c2ccccc2C(=O)N(C)C1c1cn(C)c2ccccc12. The Morgan fingerprint density at radius 1 is 1.03 bits per heavy atom. The van der Waals surface area contributed by atoms with Crippen molar-refractivity contribution in [1.82, 2.24) is 19.7 Å². The van der Waals surface area contributed by atoms with Crippen LogP contribution in [0.25, 0.3) is 10.9 Å². The molecular weight excluding hydrogens is 376 g/mol. The summed E-state index contributed by atoms with van der Waals surface area (Å²) < 4.78 is 2.05. The molecule has 1 aliphatic rings. The van der Waals surface area contributed by atoms with Gasteiger partial charge in [0, 0.05) is 68.8 Å². The first-order valence-electron chi connectivity index (χ1n) is 9.93. The molecule has 0 fully saturated rings. The second kappa shape index (κ2) is 7.71. The predicted molar refractivity (Wildman–Crippen MR) is 118 cm³/mol. The Morgan fingerprint density at radius 3 is 2.50 bits per heavy atom. The summed E-state index contributed by atoms with van der Waals surface area (Å²) in [6, 6.07) is 15.1. The Bertz CT molecular complexity index is 1150. The molecule has 2 atom stereocenters. The second-order valence-electron chi connectivity index (χ2n) is 7.93. The number of aromatic nitrogens is 1. The van der Waals surface area contributed by atoms with Gasteiger partial charge in [-0.1, -0.05) is 36.4 Å². The molecule has 1 aromatic heterocycles. The molecule has 30 heavy (non-hydrogen) atoms. The van der Waals surface area contributed by atoms with Gasteiger partial charge < -0.3 is 19.7 Å². The Hall–Kier alpha value is -3.54. The number of carbonyl (C=O) groups excluding carboxylic acids is 2. The van der Waals surface area contributed by atoms with E-state index >= 15 is 0 Å². The molecule has 0 spiro atoms. The van der Waals surface area contributed by atoms with Gasteiger partial charge in [-0.3, -0.25) is 9.59 Å². The number of carbonyl (C=O) groups is 2. The third-order valence-corrected chi connectivity index (χ3v) is 5.71. The summed E-state index contributed by atoms with van der Waals surface area (Å²) in [7, 11) is 7.55. The van der Waals surface area contributed by atoms with E-state index in [0.29, 0.717) is 5.56 Å². The Kier molecular flexibility index (Phi) is 5.08. The number of fused-ring (bicyclic) bond motifs is 2. The van der Waals surface area contributed by atoms with Crippen LogP contribution in [0.2, 0.25) is 0 Å². The summed E-state index contributed by atoms with van der Waals surface area (Å²) >= 11 is 0. The van der Waals surface area contributed by atoms with Crippen LogP contribution in [0.4, 0.5) is 0 Å². The summed E-state index contributed by atoms with van der Waals surface area (Å²) in [4.78, 5) is 30.1. The largest absolute Gasteiger partial charge is 0.382 e. The van der Waals surface area contributed by atoms with Crippen LogP contribution in [0.5, 0.6) is 0 Å². The van der Waals surface area contributed by atoms with Crippen molar-refractivity contribution < 1.29 is 9.59 Å².